The number of carbonyl (C=O) groups is 1. The van der Waals surface area contributed by atoms with Gasteiger partial charge in [0.2, 0.25) is 0 Å². The normalized spacial score (nSPS) is 20.0. The lowest BCUT2D eigenvalue weighted by molar-refractivity contribution is -0.144. The Balaban J connectivity index is 2.55. The van der Waals surface area contributed by atoms with Gasteiger partial charge < -0.3 is 10.1 Å². The van der Waals surface area contributed by atoms with Crippen LogP contribution in [-0.2, 0) is 9.53 Å². The summed E-state index contributed by atoms with van der Waals surface area (Å²) >= 11 is 0. The van der Waals surface area contributed by atoms with Gasteiger partial charge in [-0.2, -0.15) is 0 Å². The van der Waals surface area contributed by atoms with Crippen LogP contribution in [0.15, 0.2) is 0 Å². The van der Waals surface area contributed by atoms with E-state index in [1.165, 1.54) is 20.0 Å². The van der Waals surface area contributed by atoms with Crippen molar-refractivity contribution in [3.8, 4) is 0 Å². The van der Waals surface area contributed by atoms with E-state index in [9.17, 15) is 4.79 Å². The molecule has 1 fully saturated rings. The molecular weight excluding hydrogens is 178 g/mol. The first-order valence-corrected chi connectivity index (χ1v) is 5.49. The van der Waals surface area contributed by atoms with Crippen LogP contribution in [0.2, 0.25) is 0 Å². The van der Waals surface area contributed by atoms with Crippen molar-refractivity contribution in [3.63, 3.8) is 0 Å². The maximum absolute atomic E-state index is 11.5. The fraction of sp³-hybridized carbons (Fsp3) is 0.909. The standard InChI is InChI=1S/C11H21NO2/c1-8(2)12-10(11(13)14-3)9-6-4-5-7-9/h8-10,12H,4-7H2,1-3H3. The molecule has 1 unspecified atom stereocenters. The van der Waals surface area contributed by atoms with E-state index in [0.29, 0.717) is 12.0 Å². The summed E-state index contributed by atoms with van der Waals surface area (Å²) in [6.45, 7) is 4.12. The van der Waals surface area contributed by atoms with Gasteiger partial charge in [0, 0.05) is 6.04 Å². The molecule has 3 nitrogen and oxygen atoms in total. The summed E-state index contributed by atoms with van der Waals surface area (Å²) in [7, 11) is 1.46. The third-order valence-corrected chi connectivity index (χ3v) is 2.84. The summed E-state index contributed by atoms with van der Waals surface area (Å²) < 4.78 is 4.82. The second-order valence-electron chi connectivity index (χ2n) is 4.37. The minimum Gasteiger partial charge on any atom is -0.468 e. The lowest BCUT2D eigenvalue weighted by atomic mass is 9.97. The van der Waals surface area contributed by atoms with Gasteiger partial charge >= 0.3 is 5.97 Å². The molecule has 0 aromatic carbocycles. The Labute approximate surface area is 86.2 Å². The van der Waals surface area contributed by atoms with Gasteiger partial charge in [-0.3, -0.25) is 4.79 Å². The molecule has 0 heterocycles. The van der Waals surface area contributed by atoms with E-state index in [0.717, 1.165) is 12.8 Å². The summed E-state index contributed by atoms with van der Waals surface area (Å²) in [6.07, 6.45) is 4.80. The van der Waals surface area contributed by atoms with Crippen molar-refractivity contribution < 1.29 is 9.53 Å². The fourth-order valence-corrected chi connectivity index (χ4v) is 2.17. The summed E-state index contributed by atoms with van der Waals surface area (Å²) in [5.74, 6) is 0.371. The predicted octanol–water partition coefficient (Wildman–Crippen LogP) is 1.72. The van der Waals surface area contributed by atoms with Gasteiger partial charge in [-0.15, -0.1) is 0 Å². The molecule has 14 heavy (non-hydrogen) atoms. The Morgan fingerprint density at radius 2 is 1.93 bits per heavy atom. The van der Waals surface area contributed by atoms with Crippen molar-refractivity contribution >= 4 is 5.97 Å². The molecule has 0 spiro atoms. The molecular formula is C11H21NO2. The Bertz CT molecular complexity index is 186. The van der Waals surface area contributed by atoms with Gasteiger partial charge in [-0.1, -0.05) is 26.7 Å². The lowest BCUT2D eigenvalue weighted by Gasteiger charge is -2.24. The van der Waals surface area contributed by atoms with Gasteiger partial charge in [0.1, 0.15) is 6.04 Å². The Morgan fingerprint density at radius 1 is 1.36 bits per heavy atom. The van der Waals surface area contributed by atoms with Crippen LogP contribution in [0.4, 0.5) is 0 Å². The van der Waals surface area contributed by atoms with E-state index < -0.39 is 0 Å². The SMILES string of the molecule is COC(=O)C(NC(C)C)C1CCCC1. The third kappa shape index (κ3) is 2.98. The van der Waals surface area contributed by atoms with Crippen LogP contribution in [0.5, 0.6) is 0 Å². The first-order chi connectivity index (χ1) is 6.65. The molecule has 0 saturated heterocycles. The smallest absolute Gasteiger partial charge is 0.323 e. The molecule has 0 amide bonds. The molecule has 1 aliphatic rings. The molecule has 0 radical (unpaired) electrons. The molecule has 3 heteroatoms. The highest BCUT2D eigenvalue weighted by atomic mass is 16.5. The van der Waals surface area contributed by atoms with E-state index in [1.807, 2.05) is 0 Å². The Morgan fingerprint density at radius 3 is 2.36 bits per heavy atom. The van der Waals surface area contributed by atoms with Crippen molar-refractivity contribution in [1.29, 1.82) is 0 Å². The first kappa shape index (κ1) is 11.5. The number of nitrogens with one attached hydrogen (secondary N) is 1. The topological polar surface area (TPSA) is 38.3 Å². The van der Waals surface area contributed by atoms with Crippen LogP contribution in [-0.4, -0.2) is 25.2 Å². The van der Waals surface area contributed by atoms with Crippen molar-refractivity contribution in [3.05, 3.63) is 0 Å². The van der Waals surface area contributed by atoms with Crippen molar-refractivity contribution in [1.82, 2.24) is 5.32 Å². The monoisotopic (exact) mass is 199 g/mol. The largest absolute Gasteiger partial charge is 0.468 e. The van der Waals surface area contributed by atoms with Crippen molar-refractivity contribution in [2.75, 3.05) is 7.11 Å². The number of esters is 1. The van der Waals surface area contributed by atoms with Gasteiger partial charge in [0.15, 0.2) is 0 Å². The minimum atomic E-state index is -0.106. The molecule has 1 rings (SSSR count). The van der Waals surface area contributed by atoms with Gasteiger partial charge in [-0.25, -0.2) is 0 Å². The highest BCUT2D eigenvalue weighted by Gasteiger charge is 2.31. The first-order valence-electron chi connectivity index (χ1n) is 5.49. The molecule has 1 aliphatic carbocycles. The zero-order chi connectivity index (χ0) is 10.6. The van der Waals surface area contributed by atoms with E-state index in [-0.39, 0.29) is 12.0 Å². The van der Waals surface area contributed by atoms with E-state index >= 15 is 0 Å². The summed E-state index contributed by atoms with van der Waals surface area (Å²) in [4.78, 5) is 11.5. The minimum absolute atomic E-state index is 0.0949. The quantitative estimate of drug-likeness (QED) is 0.701. The van der Waals surface area contributed by atoms with E-state index in [1.54, 1.807) is 0 Å². The molecule has 1 N–H and O–H groups in total. The summed E-state index contributed by atoms with van der Waals surface area (Å²) in [5.41, 5.74) is 0. The van der Waals surface area contributed by atoms with Crippen LogP contribution in [0, 0.1) is 5.92 Å². The number of rotatable bonds is 4. The van der Waals surface area contributed by atoms with Crippen LogP contribution >= 0.6 is 0 Å². The van der Waals surface area contributed by atoms with Gasteiger partial charge in [0.05, 0.1) is 7.11 Å². The van der Waals surface area contributed by atoms with Crippen LogP contribution in [0.1, 0.15) is 39.5 Å². The zero-order valence-electron chi connectivity index (χ0n) is 9.38. The summed E-state index contributed by atoms with van der Waals surface area (Å²) in [6, 6.07) is 0.238. The lowest BCUT2D eigenvalue weighted by Crippen LogP contribution is -2.46. The second kappa shape index (κ2) is 5.35. The maximum atomic E-state index is 11.5. The molecule has 1 saturated carbocycles. The van der Waals surface area contributed by atoms with Crippen LogP contribution in [0.3, 0.4) is 0 Å². The van der Waals surface area contributed by atoms with E-state index in [2.05, 4.69) is 19.2 Å². The second-order valence-corrected chi connectivity index (χ2v) is 4.37. The molecule has 0 aliphatic heterocycles. The molecule has 0 bridgehead atoms. The fourth-order valence-electron chi connectivity index (χ4n) is 2.17. The summed E-state index contributed by atoms with van der Waals surface area (Å²) in [5, 5.41) is 3.30. The molecule has 0 aromatic rings. The van der Waals surface area contributed by atoms with Crippen LogP contribution in [0.25, 0.3) is 0 Å². The molecule has 0 aromatic heterocycles. The highest BCUT2D eigenvalue weighted by Crippen LogP contribution is 2.28. The zero-order valence-corrected chi connectivity index (χ0v) is 9.38. The van der Waals surface area contributed by atoms with Gasteiger partial charge in [-0.05, 0) is 18.8 Å². The molecule has 82 valence electrons. The molecule has 1 atom stereocenters. The van der Waals surface area contributed by atoms with Crippen molar-refractivity contribution in [2.45, 2.75) is 51.6 Å². The maximum Gasteiger partial charge on any atom is 0.323 e. The van der Waals surface area contributed by atoms with Gasteiger partial charge in [0.25, 0.3) is 0 Å². The average molecular weight is 199 g/mol. The predicted molar refractivity (Wildman–Crippen MR) is 56.0 cm³/mol. The number of hydrogen-bond donors (Lipinski definition) is 1. The number of hydrogen-bond acceptors (Lipinski definition) is 3. The third-order valence-electron chi connectivity index (χ3n) is 2.84. The number of methoxy groups -OCH3 is 1. The van der Waals surface area contributed by atoms with Crippen molar-refractivity contribution in [2.24, 2.45) is 5.92 Å². The highest BCUT2D eigenvalue weighted by molar-refractivity contribution is 5.76. The Kier molecular flexibility index (Phi) is 4.39. The average Bonchev–Trinajstić information content (AvgIpc) is 2.65. The van der Waals surface area contributed by atoms with E-state index in [4.69, 9.17) is 4.74 Å². The Hall–Kier alpha value is -0.570. The number of ether oxygens (including phenoxy) is 1. The van der Waals surface area contributed by atoms with Crippen LogP contribution < -0.4 is 5.32 Å². The number of carbonyl (C=O) groups excluding carboxylic acids is 1.